The van der Waals surface area contributed by atoms with Gasteiger partial charge in [-0.1, -0.05) is 20.8 Å². The zero-order valence-electron chi connectivity index (χ0n) is 14.7. The van der Waals surface area contributed by atoms with Crippen molar-refractivity contribution in [3.05, 3.63) is 39.3 Å². The molecule has 3 aromatic heterocycles. The molecule has 0 aliphatic carbocycles. The van der Waals surface area contributed by atoms with Crippen molar-refractivity contribution in [2.45, 2.75) is 46.5 Å². The Hall–Kier alpha value is -2.64. The van der Waals surface area contributed by atoms with Crippen molar-refractivity contribution >= 4 is 11.5 Å². The molecule has 0 radical (unpaired) electrons. The molecule has 128 valence electrons. The minimum atomic E-state index is -0.262. The lowest BCUT2D eigenvalue weighted by atomic mass is 9.93. The van der Waals surface area contributed by atoms with Gasteiger partial charge in [0.25, 0.3) is 0 Å². The fourth-order valence-corrected chi connectivity index (χ4v) is 2.64. The number of rotatable bonds is 4. The summed E-state index contributed by atoms with van der Waals surface area (Å²) in [5.74, 6) is 0.611. The molecule has 8 heteroatoms. The Labute approximate surface area is 139 Å². The van der Waals surface area contributed by atoms with Crippen LogP contribution in [0.15, 0.2) is 11.0 Å². The lowest BCUT2D eigenvalue weighted by Gasteiger charge is -2.19. The Balaban J connectivity index is 1.89. The summed E-state index contributed by atoms with van der Waals surface area (Å²) in [7, 11) is 0. The molecule has 3 heterocycles. The molecule has 8 nitrogen and oxygen atoms in total. The van der Waals surface area contributed by atoms with Gasteiger partial charge in [-0.15, -0.1) is 5.10 Å². The van der Waals surface area contributed by atoms with Crippen LogP contribution in [-0.2, 0) is 11.8 Å². The molecule has 0 aliphatic rings. The average Bonchev–Trinajstić information content (AvgIpc) is 3.03. The van der Waals surface area contributed by atoms with Gasteiger partial charge in [0.15, 0.2) is 5.82 Å². The Bertz CT molecular complexity index is 907. The second kappa shape index (κ2) is 5.77. The Morgan fingerprint density at radius 1 is 1.21 bits per heavy atom. The number of nitrogens with zero attached hydrogens (tertiary/aromatic N) is 4. The van der Waals surface area contributed by atoms with Gasteiger partial charge in [0, 0.05) is 23.9 Å². The third kappa shape index (κ3) is 2.91. The van der Waals surface area contributed by atoms with Crippen LogP contribution in [0.1, 0.15) is 43.4 Å². The highest BCUT2D eigenvalue weighted by atomic mass is 16.1. The summed E-state index contributed by atoms with van der Waals surface area (Å²) in [5, 5.41) is 17.1. The van der Waals surface area contributed by atoms with E-state index in [0.717, 1.165) is 23.5 Å². The van der Waals surface area contributed by atoms with Crippen LogP contribution in [0, 0.1) is 13.8 Å². The molecule has 0 spiro atoms. The fourth-order valence-electron chi connectivity index (χ4n) is 2.64. The molecule has 0 saturated carbocycles. The maximum atomic E-state index is 11.9. The van der Waals surface area contributed by atoms with Crippen LogP contribution in [0.4, 0.5) is 5.82 Å². The summed E-state index contributed by atoms with van der Waals surface area (Å²) >= 11 is 0. The van der Waals surface area contributed by atoms with Crippen molar-refractivity contribution in [1.82, 2.24) is 29.8 Å². The summed E-state index contributed by atoms with van der Waals surface area (Å²) in [5.41, 5.74) is 4.19. The fraction of sp³-hybridized carbons (Fsp3) is 0.500. The third-order valence-electron chi connectivity index (χ3n) is 4.12. The number of H-pyrrole nitrogens is 2. The number of hydrogen-bond donors (Lipinski definition) is 3. The molecular formula is C16H23N7O. The number of fused-ring (bicyclic) bond motifs is 1. The molecular weight excluding hydrogens is 306 g/mol. The average molecular weight is 329 g/mol. The topological polar surface area (TPSA) is 104 Å². The van der Waals surface area contributed by atoms with E-state index in [4.69, 9.17) is 0 Å². The summed E-state index contributed by atoms with van der Waals surface area (Å²) in [6.07, 6.45) is 2.56. The lowest BCUT2D eigenvalue weighted by molar-refractivity contribution is 0.565. The quantitative estimate of drug-likeness (QED) is 0.676. The first-order valence-corrected chi connectivity index (χ1v) is 8.00. The second-order valence-corrected chi connectivity index (χ2v) is 7.04. The first-order valence-electron chi connectivity index (χ1n) is 8.00. The van der Waals surface area contributed by atoms with Gasteiger partial charge in [-0.3, -0.25) is 5.10 Å². The first kappa shape index (κ1) is 16.2. The van der Waals surface area contributed by atoms with Gasteiger partial charge in [0.2, 0.25) is 5.65 Å². The minimum absolute atomic E-state index is 0.168. The van der Waals surface area contributed by atoms with Crippen molar-refractivity contribution in [3.8, 4) is 0 Å². The predicted molar refractivity (Wildman–Crippen MR) is 92.6 cm³/mol. The van der Waals surface area contributed by atoms with Gasteiger partial charge in [0.1, 0.15) is 0 Å². The predicted octanol–water partition coefficient (Wildman–Crippen LogP) is 1.71. The number of aryl methyl sites for hydroxylation is 2. The molecule has 3 rings (SSSR count). The molecule has 0 fully saturated rings. The van der Waals surface area contributed by atoms with Gasteiger partial charge in [0.05, 0.1) is 11.4 Å². The van der Waals surface area contributed by atoms with E-state index < -0.39 is 0 Å². The molecule has 3 N–H and O–H groups in total. The lowest BCUT2D eigenvalue weighted by Crippen LogP contribution is -2.20. The normalized spacial score (nSPS) is 12.0. The summed E-state index contributed by atoms with van der Waals surface area (Å²) in [6, 6.07) is 0. The summed E-state index contributed by atoms with van der Waals surface area (Å²) in [4.78, 5) is 16.6. The van der Waals surface area contributed by atoms with E-state index >= 15 is 0 Å². The van der Waals surface area contributed by atoms with E-state index in [1.807, 2.05) is 13.8 Å². The number of aromatic nitrogens is 6. The highest BCUT2D eigenvalue weighted by Gasteiger charge is 2.20. The van der Waals surface area contributed by atoms with Gasteiger partial charge < -0.3 is 5.32 Å². The molecule has 0 aromatic carbocycles. The van der Waals surface area contributed by atoms with Crippen molar-refractivity contribution in [3.63, 3.8) is 0 Å². The highest BCUT2D eigenvalue weighted by Crippen LogP contribution is 2.23. The van der Waals surface area contributed by atoms with E-state index in [9.17, 15) is 4.79 Å². The number of nitrogens with one attached hydrogen (secondary N) is 3. The highest BCUT2D eigenvalue weighted by molar-refractivity contribution is 5.62. The van der Waals surface area contributed by atoms with Crippen molar-refractivity contribution < 1.29 is 0 Å². The van der Waals surface area contributed by atoms with Gasteiger partial charge in [-0.2, -0.15) is 5.10 Å². The zero-order valence-corrected chi connectivity index (χ0v) is 14.7. The van der Waals surface area contributed by atoms with E-state index in [-0.39, 0.29) is 11.1 Å². The molecule has 0 atom stereocenters. The molecule has 0 aliphatic heterocycles. The third-order valence-corrected chi connectivity index (χ3v) is 4.12. The number of hydrogen-bond acceptors (Lipinski definition) is 5. The van der Waals surface area contributed by atoms with Crippen LogP contribution in [0.25, 0.3) is 5.65 Å². The van der Waals surface area contributed by atoms with Gasteiger partial charge in [-0.25, -0.2) is 19.3 Å². The molecule has 0 saturated heterocycles. The van der Waals surface area contributed by atoms with Crippen LogP contribution in [0.5, 0.6) is 0 Å². The summed E-state index contributed by atoms with van der Waals surface area (Å²) < 4.78 is 1.50. The van der Waals surface area contributed by atoms with Gasteiger partial charge in [-0.05, 0) is 25.8 Å². The standard InChI is InChI=1S/C16H23N7O/c1-9-11(10(2)20-19-9)6-7-17-13-14-21-22-15(24)23(14)8-12(18-13)16(3,4)5/h8H,6-7H2,1-5H3,(H,17,18)(H,19,20)(H,22,24). The molecule has 0 amide bonds. The second-order valence-electron chi connectivity index (χ2n) is 7.04. The van der Waals surface area contributed by atoms with Crippen molar-refractivity contribution in [1.29, 1.82) is 0 Å². The molecule has 24 heavy (non-hydrogen) atoms. The van der Waals surface area contributed by atoms with Crippen LogP contribution >= 0.6 is 0 Å². The van der Waals surface area contributed by atoms with Crippen LogP contribution in [-0.4, -0.2) is 36.3 Å². The van der Waals surface area contributed by atoms with Crippen LogP contribution in [0.3, 0.4) is 0 Å². The Kier molecular flexibility index (Phi) is 3.90. The number of aromatic amines is 2. The maximum Gasteiger partial charge on any atom is 0.347 e. The molecule has 0 unspecified atom stereocenters. The largest absolute Gasteiger partial charge is 0.367 e. The maximum absolute atomic E-state index is 11.9. The smallest absolute Gasteiger partial charge is 0.347 e. The Morgan fingerprint density at radius 3 is 2.58 bits per heavy atom. The van der Waals surface area contributed by atoms with Crippen molar-refractivity contribution in [2.24, 2.45) is 0 Å². The van der Waals surface area contributed by atoms with E-state index in [1.54, 1.807) is 6.20 Å². The SMILES string of the molecule is Cc1n[nH]c(C)c1CCNc1nc(C(C)(C)C)cn2c(=O)[nH]nc12. The zero-order chi connectivity index (χ0) is 17.5. The van der Waals surface area contributed by atoms with Crippen molar-refractivity contribution in [2.75, 3.05) is 11.9 Å². The van der Waals surface area contributed by atoms with E-state index in [0.29, 0.717) is 18.0 Å². The summed E-state index contributed by atoms with van der Waals surface area (Å²) in [6.45, 7) is 10.9. The minimum Gasteiger partial charge on any atom is -0.367 e. The number of anilines is 1. The first-order chi connectivity index (χ1) is 11.3. The monoisotopic (exact) mass is 329 g/mol. The van der Waals surface area contributed by atoms with Gasteiger partial charge >= 0.3 is 5.69 Å². The van der Waals surface area contributed by atoms with Crippen LogP contribution in [0.2, 0.25) is 0 Å². The molecule has 0 bridgehead atoms. The van der Waals surface area contributed by atoms with E-state index in [2.05, 4.69) is 51.5 Å². The van der Waals surface area contributed by atoms with E-state index in [1.165, 1.54) is 9.96 Å². The molecule has 3 aromatic rings. The van der Waals surface area contributed by atoms with Crippen LogP contribution < -0.4 is 11.0 Å². The Morgan fingerprint density at radius 2 is 1.96 bits per heavy atom.